The molecule has 0 aromatic heterocycles. The molecule has 232 valence electrons. The molecule has 0 radical (unpaired) electrons. The van der Waals surface area contributed by atoms with Gasteiger partial charge in [-0.05, 0) is 0 Å². The molecule has 1 saturated carbocycles. The summed E-state index contributed by atoms with van der Waals surface area (Å²) in [5.74, 6) is -29.4. The standard InChI is InChI=1S/C29H2F12N6/c30-17-9(4-45)18(31)22(35)14(21(17)34)6(1-42)11-12(7(2-43)15-23(36)19(32)10(5-46)20(33)24(15)37)13(11)8(3-44)16-25(38)27(40)29(47)28(41)26(16)39/h47H2/b11-6-,12-7+,13-8?. The normalized spacial score (nSPS) is 15.1. The van der Waals surface area contributed by atoms with Gasteiger partial charge in [0.1, 0.15) is 47.2 Å². The van der Waals surface area contributed by atoms with E-state index in [0.717, 1.165) is 30.3 Å². The molecule has 0 atom stereocenters. The smallest absolute Gasteiger partial charge is 0.185 e. The van der Waals surface area contributed by atoms with Crippen LogP contribution in [0.2, 0.25) is 0 Å². The fourth-order valence-corrected chi connectivity index (χ4v) is 4.41. The molecule has 0 heterocycles. The number of hydrogen-bond acceptors (Lipinski definition) is 6. The van der Waals surface area contributed by atoms with E-state index in [-0.39, 0.29) is 0 Å². The molecule has 47 heavy (non-hydrogen) atoms. The summed E-state index contributed by atoms with van der Waals surface area (Å²) in [5, 5.41) is 47.0. The molecular formula is C29H2F12N6. The van der Waals surface area contributed by atoms with Crippen molar-refractivity contribution in [1.82, 2.24) is 0 Å². The van der Waals surface area contributed by atoms with Gasteiger partial charge in [0, 0.05) is 16.7 Å². The molecule has 18 heteroatoms. The van der Waals surface area contributed by atoms with Crippen molar-refractivity contribution < 1.29 is 52.7 Å². The van der Waals surface area contributed by atoms with Gasteiger partial charge < -0.3 is 5.73 Å². The Morgan fingerprint density at radius 3 is 0.766 bits per heavy atom. The Morgan fingerprint density at radius 2 is 0.574 bits per heavy atom. The Kier molecular flexibility index (Phi) is 8.23. The maximum atomic E-state index is 15.0. The van der Waals surface area contributed by atoms with Crippen LogP contribution in [-0.4, -0.2) is 0 Å². The number of allylic oxidation sites excluding steroid dienone is 6. The highest BCUT2D eigenvalue weighted by Gasteiger charge is 2.46. The predicted molar refractivity (Wildman–Crippen MR) is 130 cm³/mol. The number of hydrogen-bond donors (Lipinski definition) is 1. The van der Waals surface area contributed by atoms with Crippen LogP contribution in [0.5, 0.6) is 0 Å². The van der Waals surface area contributed by atoms with Crippen molar-refractivity contribution in [3.05, 3.63) is 114 Å². The molecule has 0 unspecified atom stereocenters. The van der Waals surface area contributed by atoms with Gasteiger partial charge in [0.2, 0.25) is 0 Å². The van der Waals surface area contributed by atoms with Crippen LogP contribution in [0.25, 0.3) is 16.7 Å². The molecule has 1 aliphatic carbocycles. The highest BCUT2D eigenvalue weighted by Crippen LogP contribution is 2.57. The molecule has 0 aliphatic heterocycles. The van der Waals surface area contributed by atoms with E-state index in [1.54, 1.807) is 0 Å². The third-order valence-corrected chi connectivity index (χ3v) is 6.57. The summed E-state index contributed by atoms with van der Waals surface area (Å²) in [6.45, 7) is 0. The zero-order valence-corrected chi connectivity index (χ0v) is 21.8. The van der Waals surface area contributed by atoms with Crippen molar-refractivity contribution in [2.24, 2.45) is 0 Å². The monoisotopic (exact) mass is 662 g/mol. The Morgan fingerprint density at radius 1 is 0.362 bits per heavy atom. The van der Waals surface area contributed by atoms with E-state index >= 15 is 17.6 Å². The first-order chi connectivity index (χ1) is 22.1. The number of halogens is 12. The quantitative estimate of drug-likeness (QED) is 0.139. The lowest BCUT2D eigenvalue weighted by atomic mass is 9.99. The van der Waals surface area contributed by atoms with Crippen molar-refractivity contribution >= 4 is 22.4 Å². The molecule has 2 N–H and O–H groups in total. The summed E-state index contributed by atoms with van der Waals surface area (Å²) in [7, 11) is 0. The second-order valence-corrected chi connectivity index (χ2v) is 8.87. The minimum atomic E-state index is -2.51. The van der Waals surface area contributed by atoms with E-state index < -0.39 is 137 Å². The zero-order valence-electron chi connectivity index (χ0n) is 21.8. The van der Waals surface area contributed by atoms with Crippen LogP contribution >= 0.6 is 0 Å². The van der Waals surface area contributed by atoms with Gasteiger partial charge in [-0.15, -0.1) is 0 Å². The van der Waals surface area contributed by atoms with Crippen LogP contribution in [0.3, 0.4) is 0 Å². The first-order valence-electron chi connectivity index (χ1n) is 11.7. The molecule has 3 aromatic carbocycles. The van der Waals surface area contributed by atoms with E-state index in [1.807, 2.05) is 0 Å². The van der Waals surface area contributed by atoms with Gasteiger partial charge in [-0.3, -0.25) is 0 Å². The summed E-state index contributed by atoms with van der Waals surface area (Å²) >= 11 is 0. The lowest BCUT2D eigenvalue weighted by molar-refractivity contribution is 0.446. The first-order valence-corrected chi connectivity index (χ1v) is 11.7. The average molecular weight is 662 g/mol. The number of nitriles is 5. The SMILES string of the molecule is N#CC(=C1C(=C(\C#N)c2c(F)c(F)c(C#N)c(F)c2F)/C1=C(\C#N)c1c(F)c(F)c(C#N)c(F)c1F)c1c(F)c(F)c(N)c(F)c1F. The summed E-state index contributed by atoms with van der Waals surface area (Å²) < 4.78 is 177. The highest BCUT2D eigenvalue weighted by atomic mass is 19.2. The maximum Gasteiger partial charge on any atom is 0.185 e. The average Bonchev–Trinajstić information content (AvgIpc) is 3.77. The maximum absolute atomic E-state index is 15.0. The number of benzene rings is 3. The van der Waals surface area contributed by atoms with Gasteiger partial charge in [-0.2, -0.15) is 26.3 Å². The van der Waals surface area contributed by atoms with Crippen molar-refractivity contribution in [2.45, 2.75) is 0 Å². The number of nitrogens with zero attached hydrogens (tertiary/aromatic N) is 5. The van der Waals surface area contributed by atoms with Crippen molar-refractivity contribution in [3.63, 3.8) is 0 Å². The minimum absolute atomic E-state index is 0.774. The fraction of sp³-hybridized carbons (Fsp3) is 0. The van der Waals surface area contributed by atoms with Gasteiger partial charge in [-0.1, -0.05) is 0 Å². The molecule has 3 aromatic rings. The number of nitrogens with two attached hydrogens (primary N) is 1. The third-order valence-electron chi connectivity index (χ3n) is 6.57. The van der Waals surface area contributed by atoms with Gasteiger partial charge >= 0.3 is 0 Å². The van der Waals surface area contributed by atoms with Gasteiger partial charge in [0.15, 0.2) is 69.8 Å². The second kappa shape index (κ2) is 11.7. The van der Waals surface area contributed by atoms with Crippen LogP contribution in [0.4, 0.5) is 58.4 Å². The summed E-state index contributed by atoms with van der Waals surface area (Å²) in [5.41, 5.74) is -16.1. The number of nitrogen functional groups attached to an aromatic ring is 1. The fourth-order valence-electron chi connectivity index (χ4n) is 4.41. The van der Waals surface area contributed by atoms with Crippen LogP contribution in [0.15, 0.2) is 16.7 Å². The van der Waals surface area contributed by atoms with Gasteiger partial charge in [-0.25, -0.2) is 52.7 Å². The Labute approximate surface area is 252 Å². The Balaban J connectivity index is 2.37. The Hall–Kier alpha value is -6.71. The van der Waals surface area contributed by atoms with E-state index in [0.29, 0.717) is 0 Å². The van der Waals surface area contributed by atoms with Crippen molar-refractivity contribution in [3.8, 4) is 30.3 Å². The van der Waals surface area contributed by atoms with E-state index in [4.69, 9.17) is 16.3 Å². The molecule has 1 aliphatic rings. The minimum Gasteiger partial charge on any atom is -0.394 e. The molecule has 0 spiro atoms. The van der Waals surface area contributed by atoms with Crippen molar-refractivity contribution in [1.29, 1.82) is 26.3 Å². The lowest BCUT2D eigenvalue weighted by Crippen LogP contribution is -2.07. The first kappa shape index (κ1) is 33.2. The molecule has 4 rings (SSSR count). The lowest BCUT2D eigenvalue weighted by Gasteiger charge is -2.08. The van der Waals surface area contributed by atoms with E-state index in [1.165, 1.54) is 0 Å². The molecule has 1 fully saturated rings. The zero-order chi connectivity index (χ0) is 35.4. The van der Waals surface area contributed by atoms with Crippen LogP contribution in [0.1, 0.15) is 27.8 Å². The van der Waals surface area contributed by atoms with Crippen LogP contribution < -0.4 is 5.73 Å². The van der Waals surface area contributed by atoms with Gasteiger partial charge in [0.25, 0.3) is 0 Å². The highest BCUT2D eigenvalue weighted by molar-refractivity contribution is 6.12. The van der Waals surface area contributed by atoms with Crippen molar-refractivity contribution in [2.75, 3.05) is 5.73 Å². The molecular weight excluding hydrogens is 660 g/mol. The number of rotatable bonds is 3. The second-order valence-electron chi connectivity index (χ2n) is 8.87. The molecule has 0 bridgehead atoms. The van der Waals surface area contributed by atoms with Crippen LogP contribution in [0, 0.1) is 126 Å². The van der Waals surface area contributed by atoms with Gasteiger partial charge in [0.05, 0.1) is 33.4 Å². The van der Waals surface area contributed by atoms with E-state index in [9.17, 15) is 50.9 Å². The Bertz CT molecular complexity index is 2130. The van der Waals surface area contributed by atoms with E-state index in [2.05, 4.69) is 0 Å². The van der Waals surface area contributed by atoms with Crippen LogP contribution in [-0.2, 0) is 0 Å². The topological polar surface area (TPSA) is 145 Å². The molecule has 0 amide bonds. The third kappa shape index (κ3) is 4.57. The summed E-state index contributed by atoms with van der Waals surface area (Å²) in [6.07, 6.45) is 0. The molecule has 6 nitrogen and oxygen atoms in total. The largest absolute Gasteiger partial charge is 0.394 e. The summed E-state index contributed by atoms with van der Waals surface area (Å²) in [4.78, 5) is 0. The summed E-state index contributed by atoms with van der Waals surface area (Å²) in [6, 6.07) is 4.46. The number of anilines is 1. The molecule has 0 saturated heterocycles. The predicted octanol–water partition coefficient (Wildman–Crippen LogP) is 6.93.